The Labute approximate surface area is 184 Å². The number of fused-ring (bicyclic) bond motifs is 1. The van der Waals surface area contributed by atoms with Crippen LogP contribution < -0.4 is 15.8 Å². The standard InChI is InChI=1S/C25H33N3O3/c1-15(2)19-12-11-16(3)13-22(19)26-23(29)17-7-6-8-18(14-17)28-25(31)21-10-5-4-9-20(21)24(30)27-28/h4-8,14-16,19-22H,9-13H2,1-3H3,(H,26,29)(H,27,30). The number of carbonyl (C=O) groups excluding carboxylic acids is 3. The molecule has 6 nitrogen and oxygen atoms in total. The van der Waals surface area contributed by atoms with Crippen molar-refractivity contribution in [1.82, 2.24) is 10.7 Å². The zero-order valence-electron chi connectivity index (χ0n) is 18.6. The Hall–Kier alpha value is -2.63. The Kier molecular flexibility index (Phi) is 6.17. The Bertz CT molecular complexity index is 894. The van der Waals surface area contributed by atoms with Gasteiger partial charge in [0, 0.05) is 11.6 Å². The molecule has 3 aliphatic rings. The van der Waals surface area contributed by atoms with E-state index >= 15 is 0 Å². The average Bonchev–Trinajstić information content (AvgIpc) is 2.76. The lowest BCUT2D eigenvalue weighted by Crippen LogP contribution is -2.59. The minimum Gasteiger partial charge on any atom is -0.349 e. The third-order valence-electron chi connectivity index (χ3n) is 7.23. The van der Waals surface area contributed by atoms with Gasteiger partial charge in [-0.05, 0) is 61.6 Å². The van der Waals surface area contributed by atoms with Gasteiger partial charge in [0.2, 0.25) is 11.8 Å². The van der Waals surface area contributed by atoms with Crippen LogP contribution >= 0.6 is 0 Å². The second-order valence-corrected chi connectivity index (χ2v) is 9.76. The number of amides is 3. The maximum Gasteiger partial charge on any atom is 0.251 e. The molecule has 0 aromatic heterocycles. The molecule has 1 saturated heterocycles. The molecule has 5 unspecified atom stereocenters. The molecule has 2 fully saturated rings. The summed E-state index contributed by atoms with van der Waals surface area (Å²) >= 11 is 0. The molecule has 1 aromatic rings. The fraction of sp³-hybridized carbons (Fsp3) is 0.560. The topological polar surface area (TPSA) is 78.5 Å². The summed E-state index contributed by atoms with van der Waals surface area (Å²) in [5.74, 6) is 0.567. The van der Waals surface area contributed by atoms with Crippen LogP contribution in [0.25, 0.3) is 0 Å². The number of hydrogen-bond acceptors (Lipinski definition) is 3. The lowest BCUT2D eigenvalue weighted by atomic mass is 9.74. The fourth-order valence-electron chi connectivity index (χ4n) is 5.39. The van der Waals surface area contributed by atoms with Gasteiger partial charge in [0.15, 0.2) is 0 Å². The summed E-state index contributed by atoms with van der Waals surface area (Å²) in [5, 5.41) is 4.57. The maximum absolute atomic E-state index is 13.1. The van der Waals surface area contributed by atoms with Crippen molar-refractivity contribution in [3.8, 4) is 0 Å². The lowest BCUT2D eigenvalue weighted by Gasteiger charge is -2.38. The summed E-state index contributed by atoms with van der Waals surface area (Å²) in [6.45, 7) is 6.69. The molecule has 1 saturated carbocycles. The van der Waals surface area contributed by atoms with E-state index in [-0.39, 0.29) is 35.6 Å². The van der Waals surface area contributed by atoms with Crippen molar-refractivity contribution < 1.29 is 14.4 Å². The monoisotopic (exact) mass is 423 g/mol. The SMILES string of the molecule is CC1CCC(C(C)C)C(NC(=O)c2cccc(N3NC(=O)C4CC=CCC4C3=O)c2)C1. The highest BCUT2D eigenvalue weighted by Gasteiger charge is 2.42. The van der Waals surface area contributed by atoms with Crippen LogP contribution in [0.1, 0.15) is 63.2 Å². The van der Waals surface area contributed by atoms with Gasteiger partial charge < -0.3 is 5.32 Å². The minimum absolute atomic E-state index is 0.118. The number of hydrogen-bond donors (Lipinski definition) is 2. The second-order valence-electron chi connectivity index (χ2n) is 9.76. The quantitative estimate of drug-likeness (QED) is 0.723. The van der Waals surface area contributed by atoms with Crippen molar-refractivity contribution in [3.05, 3.63) is 42.0 Å². The van der Waals surface area contributed by atoms with Gasteiger partial charge in [-0.1, -0.05) is 45.4 Å². The van der Waals surface area contributed by atoms with Crippen LogP contribution in [0.5, 0.6) is 0 Å². The normalized spacial score (nSPS) is 30.7. The molecule has 4 rings (SSSR count). The Morgan fingerprint density at radius 2 is 1.87 bits per heavy atom. The zero-order valence-corrected chi connectivity index (χ0v) is 18.6. The Morgan fingerprint density at radius 1 is 1.13 bits per heavy atom. The molecule has 31 heavy (non-hydrogen) atoms. The molecule has 166 valence electrons. The van der Waals surface area contributed by atoms with Crippen molar-refractivity contribution in [3.63, 3.8) is 0 Å². The predicted molar refractivity (Wildman–Crippen MR) is 120 cm³/mol. The summed E-state index contributed by atoms with van der Waals surface area (Å²) in [5.41, 5.74) is 3.77. The van der Waals surface area contributed by atoms with E-state index in [1.165, 1.54) is 11.4 Å². The first-order chi connectivity index (χ1) is 14.8. The summed E-state index contributed by atoms with van der Waals surface area (Å²) in [6.07, 6.45) is 8.43. The van der Waals surface area contributed by atoms with Gasteiger partial charge in [-0.3, -0.25) is 19.8 Å². The maximum atomic E-state index is 13.1. The van der Waals surface area contributed by atoms with E-state index in [9.17, 15) is 14.4 Å². The summed E-state index contributed by atoms with van der Waals surface area (Å²) in [7, 11) is 0. The van der Waals surface area contributed by atoms with E-state index in [2.05, 4.69) is 31.5 Å². The van der Waals surface area contributed by atoms with E-state index in [1.54, 1.807) is 24.3 Å². The first kappa shape index (κ1) is 21.6. The highest BCUT2D eigenvalue weighted by molar-refractivity contribution is 6.05. The molecule has 0 spiro atoms. The molecule has 1 aliphatic heterocycles. The van der Waals surface area contributed by atoms with E-state index in [4.69, 9.17) is 0 Å². The molecular formula is C25H33N3O3. The number of anilines is 1. The van der Waals surface area contributed by atoms with Gasteiger partial charge in [-0.15, -0.1) is 0 Å². The van der Waals surface area contributed by atoms with Crippen molar-refractivity contribution >= 4 is 23.4 Å². The third-order valence-corrected chi connectivity index (χ3v) is 7.23. The van der Waals surface area contributed by atoms with Gasteiger partial charge in [-0.2, -0.15) is 0 Å². The molecule has 2 N–H and O–H groups in total. The van der Waals surface area contributed by atoms with E-state index < -0.39 is 0 Å². The zero-order chi connectivity index (χ0) is 22.1. The largest absolute Gasteiger partial charge is 0.349 e. The van der Waals surface area contributed by atoms with Crippen molar-refractivity contribution in [2.45, 2.75) is 58.9 Å². The Morgan fingerprint density at radius 3 is 2.61 bits per heavy atom. The number of hydrazine groups is 1. The third kappa shape index (κ3) is 4.39. The smallest absolute Gasteiger partial charge is 0.251 e. The molecule has 0 bridgehead atoms. The molecule has 1 aromatic carbocycles. The highest BCUT2D eigenvalue weighted by Crippen LogP contribution is 2.34. The molecule has 2 aliphatic carbocycles. The number of carbonyl (C=O) groups is 3. The van der Waals surface area contributed by atoms with Crippen molar-refractivity contribution in [2.75, 3.05) is 5.01 Å². The van der Waals surface area contributed by atoms with Crippen LogP contribution in [0.3, 0.4) is 0 Å². The molecule has 5 atom stereocenters. The predicted octanol–water partition coefficient (Wildman–Crippen LogP) is 3.84. The van der Waals surface area contributed by atoms with Crippen LogP contribution in [-0.4, -0.2) is 23.8 Å². The summed E-state index contributed by atoms with van der Waals surface area (Å²) in [4.78, 5) is 38.7. The highest BCUT2D eigenvalue weighted by atomic mass is 16.2. The molecular weight excluding hydrogens is 390 g/mol. The second kappa shape index (κ2) is 8.85. The molecule has 0 radical (unpaired) electrons. The number of rotatable bonds is 4. The molecule has 1 heterocycles. The minimum atomic E-state index is -0.341. The van der Waals surface area contributed by atoms with Crippen LogP contribution in [0.2, 0.25) is 0 Å². The van der Waals surface area contributed by atoms with Crippen LogP contribution in [0.15, 0.2) is 36.4 Å². The first-order valence-electron chi connectivity index (χ1n) is 11.6. The van der Waals surface area contributed by atoms with Crippen LogP contribution in [0.4, 0.5) is 5.69 Å². The van der Waals surface area contributed by atoms with E-state index in [0.717, 1.165) is 12.8 Å². The number of nitrogens with zero attached hydrogens (tertiary/aromatic N) is 1. The van der Waals surface area contributed by atoms with Crippen LogP contribution in [0, 0.1) is 29.6 Å². The van der Waals surface area contributed by atoms with Gasteiger partial charge >= 0.3 is 0 Å². The average molecular weight is 424 g/mol. The summed E-state index contributed by atoms with van der Waals surface area (Å²) < 4.78 is 0. The van der Waals surface area contributed by atoms with Crippen molar-refractivity contribution in [2.24, 2.45) is 29.6 Å². The number of allylic oxidation sites excluding steroid dienone is 2. The summed E-state index contributed by atoms with van der Waals surface area (Å²) in [6, 6.07) is 7.14. The molecule has 3 amide bonds. The Balaban J connectivity index is 1.51. The van der Waals surface area contributed by atoms with Gasteiger partial charge in [0.25, 0.3) is 5.91 Å². The number of nitrogens with one attached hydrogen (secondary N) is 2. The van der Waals surface area contributed by atoms with Crippen molar-refractivity contribution in [1.29, 1.82) is 0 Å². The molecule has 6 heteroatoms. The fourth-order valence-corrected chi connectivity index (χ4v) is 5.39. The van der Waals surface area contributed by atoms with Gasteiger partial charge in [-0.25, -0.2) is 5.01 Å². The van der Waals surface area contributed by atoms with E-state index in [0.29, 0.717) is 41.8 Å². The van der Waals surface area contributed by atoms with Crippen LogP contribution in [-0.2, 0) is 9.59 Å². The first-order valence-corrected chi connectivity index (χ1v) is 11.6. The van der Waals surface area contributed by atoms with E-state index in [1.807, 2.05) is 12.2 Å². The van der Waals surface area contributed by atoms with Gasteiger partial charge in [0.1, 0.15) is 0 Å². The van der Waals surface area contributed by atoms with Gasteiger partial charge in [0.05, 0.1) is 17.5 Å². The number of benzene rings is 1. The lowest BCUT2D eigenvalue weighted by molar-refractivity contribution is -0.139.